The Hall–Kier alpha value is -2.18. The van der Waals surface area contributed by atoms with Crippen LogP contribution in [0.2, 0.25) is 0 Å². The number of nitrogens with zero attached hydrogens (tertiary/aromatic N) is 3. The number of hydrogen-bond acceptors (Lipinski definition) is 4. The third-order valence-corrected chi connectivity index (χ3v) is 1.74. The van der Waals surface area contributed by atoms with Gasteiger partial charge in [0, 0.05) is 5.57 Å². The first-order valence-corrected chi connectivity index (χ1v) is 4.08. The van der Waals surface area contributed by atoms with Crippen LogP contribution >= 0.6 is 0 Å². The summed E-state index contributed by atoms with van der Waals surface area (Å²) in [5.41, 5.74) is 0.174. The van der Waals surface area contributed by atoms with Crippen molar-refractivity contribution in [2.45, 2.75) is 13.5 Å². The SMILES string of the molecule is CC(=CCn1ccc([N+](=O)[O-])n1)C(=O)O. The lowest BCUT2D eigenvalue weighted by Gasteiger charge is -1.92. The van der Waals surface area contributed by atoms with E-state index in [0.717, 1.165) is 0 Å². The van der Waals surface area contributed by atoms with Gasteiger partial charge in [0.05, 0.1) is 23.9 Å². The summed E-state index contributed by atoms with van der Waals surface area (Å²) in [6.07, 6.45) is 2.85. The van der Waals surface area contributed by atoms with Gasteiger partial charge in [0.25, 0.3) is 0 Å². The number of allylic oxidation sites excluding steroid dienone is 1. The first-order chi connectivity index (χ1) is 7.00. The smallest absolute Gasteiger partial charge is 0.389 e. The third kappa shape index (κ3) is 2.90. The number of nitro groups is 1. The molecule has 0 aliphatic heterocycles. The van der Waals surface area contributed by atoms with Crippen molar-refractivity contribution in [2.75, 3.05) is 0 Å². The van der Waals surface area contributed by atoms with E-state index in [0.29, 0.717) is 0 Å². The first kappa shape index (κ1) is 10.9. The van der Waals surface area contributed by atoms with Gasteiger partial charge in [0.2, 0.25) is 0 Å². The summed E-state index contributed by atoms with van der Waals surface area (Å²) >= 11 is 0. The van der Waals surface area contributed by atoms with Gasteiger partial charge >= 0.3 is 11.8 Å². The quantitative estimate of drug-likeness (QED) is 0.451. The van der Waals surface area contributed by atoms with E-state index in [1.54, 1.807) is 0 Å². The molecule has 0 atom stereocenters. The number of carboxylic acids is 1. The number of carboxylic acid groups (broad SMARTS) is 1. The molecule has 0 aliphatic rings. The maximum absolute atomic E-state index is 10.4. The van der Waals surface area contributed by atoms with Crippen LogP contribution in [0.4, 0.5) is 5.82 Å². The molecule has 7 heteroatoms. The Morgan fingerprint density at radius 2 is 2.47 bits per heavy atom. The zero-order chi connectivity index (χ0) is 11.4. The van der Waals surface area contributed by atoms with Gasteiger partial charge in [-0.25, -0.2) is 4.79 Å². The van der Waals surface area contributed by atoms with E-state index in [1.807, 2.05) is 0 Å². The second-order valence-electron chi connectivity index (χ2n) is 2.85. The molecule has 1 aromatic heterocycles. The van der Waals surface area contributed by atoms with Crippen molar-refractivity contribution in [2.24, 2.45) is 0 Å². The van der Waals surface area contributed by atoms with E-state index in [4.69, 9.17) is 5.11 Å². The topological polar surface area (TPSA) is 98.3 Å². The summed E-state index contributed by atoms with van der Waals surface area (Å²) in [7, 11) is 0. The first-order valence-electron chi connectivity index (χ1n) is 4.08. The molecule has 0 saturated carbocycles. The molecule has 80 valence electrons. The Morgan fingerprint density at radius 1 is 1.80 bits per heavy atom. The molecule has 0 amide bonds. The van der Waals surface area contributed by atoms with Crippen molar-refractivity contribution in [1.82, 2.24) is 9.78 Å². The summed E-state index contributed by atoms with van der Waals surface area (Å²) in [6.45, 7) is 1.65. The van der Waals surface area contributed by atoms with Crippen LogP contribution in [-0.2, 0) is 11.3 Å². The fourth-order valence-electron chi connectivity index (χ4n) is 0.868. The molecular formula is C8H9N3O4. The second kappa shape index (κ2) is 4.36. The van der Waals surface area contributed by atoms with E-state index in [1.165, 1.54) is 29.9 Å². The fourth-order valence-corrected chi connectivity index (χ4v) is 0.868. The molecule has 0 bridgehead atoms. The van der Waals surface area contributed by atoms with E-state index in [2.05, 4.69) is 5.10 Å². The van der Waals surface area contributed by atoms with Crippen LogP contribution < -0.4 is 0 Å². The minimum absolute atomic E-state index is 0.174. The van der Waals surface area contributed by atoms with Gasteiger partial charge in [-0.05, 0) is 11.8 Å². The molecule has 1 N–H and O–H groups in total. The van der Waals surface area contributed by atoms with Crippen LogP contribution in [0, 0.1) is 10.1 Å². The van der Waals surface area contributed by atoms with Crippen molar-refractivity contribution in [3.8, 4) is 0 Å². The standard InChI is InChI=1S/C8H9N3O4/c1-6(8(12)13)2-4-10-5-3-7(9-10)11(14)15/h2-3,5H,4H2,1H3,(H,12,13). The van der Waals surface area contributed by atoms with E-state index < -0.39 is 10.9 Å². The highest BCUT2D eigenvalue weighted by Crippen LogP contribution is 2.05. The molecule has 0 unspecified atom stereocenters. The van der Waals surface area contributed by atoms with E-state index >= 15 is 0 Å². The van der Waals surface area contributed by atoms with Crippen molar-refractivity contribution in [1.29, 1.82) is 0 Å². The number of aromatic nitrogens is 2. The normalized spacial score (nSPS) is 11.4. The summed E-state index contributed by atoms with van der Waals surface area (Å²) < 4.78 is 1.30. The molecule has 0 saturated heterocycles. The van der Waals surface area contributed by atoms with Crippen LogP contribution in [0.5, 0.6) is 0 Å². The number of carbonyl (C=O) groups is 1. The van der Waals surface area contributed by atoms with Crippen LogP contribution in [0.15, 0.2) is 23.9 Å². The number of hydrogen-bond donors (Lipinski definition) is 1. The lowest BCUT2D eigenvalue weighted by molar-refractivity contribution is -0.389. The maximum Gasteiger partial charge on any atom is 0.389 e. The fraction of sp³-hybridized carbons (Fsp3) is 0.250. The van der Waals surface area contributed by atoms with Crippen molar-refractivity contribution in [3.05, 3.63) is 34.0 Å². The van der Waals surface area contributed by atoms with Crippen LogP contribution in [0.25, 0.3) is 0 Å². The van der Waals surface area contributed by atoms with Gasteiger partial charge in [-0.1, -0.05) is 6.08 Å². The Kier molecular flexibility index (Phi) is 3.17. The minimum atomic E-state index is -1.02. The molecule has 0 fully saturated rings. The number of rotatable bonds is 4. The molecule has 0 radical (unpaired) electrons. The zero-order valence-corrected chi connectivity index (χ0v) is 7.95. The Morgan fingerprint density at radius 3 is 2.93 bits per heavy atom. The lowest BCUT2D eigenvalue weighted by Crippen LogP contribution is -2.01. The summed E-state index contributed by atoms with van der Waals surface area (Å²) in [5.74, 6) is -1.27. The monoisotopic (exact) mass is 211 g/mol. The van der Waals surface area contributed by atoms with E-state index in [-0.39, 0.29) is 17.9 Å². The molecule has 0 spiro atoms. The Balaban J connectivity index is 2.70. The van der Waals surface area contributed by atoms with Gasteiger partial charge in [0.15, 0.2) is 0 Å². The van der Waals surface area contributed by atoms with Crippen LogP contribution in [-0.4, -0.2) is 25.8 Å². The van der Waals surface area contributed by atoms with Gasteiger partial charge in [-0.2, -0.15) is 4.68 Å². The van der Waals surface area contributed by atoms with Crippen molar-refractivity contribution >= 4 is 11.8 Å². The molecule has 0 aliphatic carbocycles. The van der Waals surface area contributed by atoms with Crippen molar-refractivity contribution < 1.29 is 14.8 Å². The third-order valence-electron chi connectivity index (χ3n) is 1.74. The molecule has 1 heterocycles. The van der Waals surface area contributed by atoms with Crippen LogP contribution in [0.3, 0.4) is 0 Å². The second-order valence-corrected chi connectivity index (χ2v) is 2.85. The maximum atomic E-state index is 10.4. The molecule has 0 aromatic carbocycles. The van der Waals surface area contributed by atoms with Gasteiger partial charge in [-0.15, -0.1) is 0 Å². The van der Waals surface area contributed by atoms with Gasteiger partial charge in [-0.3, -0.25) is 0 Å². The Bertz CT molecular complexity index is 421. The summed E-state index contributed by atoms with van der Waals surface area (Å²) in [4.78, 5) is 20.1. The lowest BCUT2D eigenvalue weighted by atomic mass is 10.3. The molecule has 1 aromatic rings. The molecule has 7 nitrogen and oxygen atoms in total. The highest BCUT2D eigenvalue weighted by molar-refractivity contribution is 5.85. The molecule has 1 rings (SSSR count). The summed E-state index contributed by atoms with van der Waals surface area (Å²) in [6, 6.07) is 1.25. The zero-order valence-electron chi connectivity index (χ0n) is 7.95. The van der Waals surface area contributed by atoms with Crippen LogP contribution in [0.1, 0.15) is 6.92 Å². The highest BCUT2D eigenvalue weighted by Gasteiger charge is 2.09. The largest absolute Gasteiger partial charge is 0.478 e. The summed E-state index contributed by atoms with van der Waals surface area (Å²) in [5, 5.41) is 22.4. The molecular weight excluding hydrogens is 202 g/mol. The molecule has 15 heavy (non-hydrogen) atoms. The number of aliphatic carboxylic acids is 1. The highest BCUT2D eigenvalue weighted by atomic mass is 16.6. The average molecular weight is 211 g/mol. The van der Waals surface area contributed by atoms with Crippen molar-refractivity contribution in [3.63, 3.8) is 0 Å². The predicted molar refractivity (Wildman–Crippen MR) is 50.3 cm³/mol. The van der Waals surface area contributed by atoms with Gasteiger partial charge in [0.1, 0.15) is 0 Å². The van der Waals surface area contributed by atoms with E-state index in [9.17, 15) is 14.9 Å². The predicted octanol–water partition coefficient (Wildman–Crippen LogP) is 0.822. The minimum Gasteiger partial charge on any atom is -0.478 e. The van der Waals surface area contributed by atoms with Gasteiger partial charge < -0.3 is 15.2 Å². The average Bonchev–Trinajstić information content (AvgIpc) is 2.62. The Labute approximate surface area is 84.8 Å².